The highest BCUT2D eigenvalue weighted by molar-refractivity contribution is 5.60. The first-order chi connectivity index (χ1) is 8.60. The van der Waals surface area contributed by atoms with E-state index in [0.717, 1.165) is 22.8 Å². The number of hydrogen-bond acceptors (Lipinski definition) is 3. The Hall–Kier alpha value is -2.21. The Morgan fingerprint density at radius 2 is 2.00 bits per heavy atom. The second-order valence-corrected chi connectivity index (χ2v) is 4.50. The number of anilines is 1. The minimum Gasteiger partial charge on any atom is -0.464 e. The second-order valence-electron chi connectivity index (χ2n) is 4.50. The number of rotatable bonds is 3. The third kappa shape index (κ3) is 2.54. The lowest BCUT2D eigenvalue weighted by Crippen LogP contribution is -2.17. The van der Waals surface area contributed by atoms with E-state index in [2.05, 4.69) is 6.07 Å². The topological polar surface area (TPSA) is 40.2 Å². The molecule has 0 N–H and O–H groups in total. The molecule has 2 rings (SSSR count). The molecule has 0 saturated heterocycles. The SMILES string of the molecule is Cc1ccc(N(C)Cc2ccc(C)o2)c(C#N)c1. The molecule has 18 heavy (non-hydrogen) atoms. The van der Waals surface area contributed by atoms with Crippen LogP contribution in [0.2, 0.25) is 0 Å². The van der Waals surface area contributed by atoms with Gasteiger partial charge < -0.3 is 9.32 Å². The van der Waals surface area contributed by atoms with Gasteiger partial charge in [-0.05, 0) is 43.7 Å². The van der Waals surface area contributed by atoms with Gasteiger partial charge in [0.05, 0.1) is 17.8 Å². The number of hydrogen-bond donors (Lipinski definition) is 0. The Morgan fingerprint density at radius 3 is 2.61 bits per heavy atom. The number of benzene rings is 1. The highest BCUT2D eigenvalue weighted by Gasteiger charge is 2.09. The van der Waals surface area contributed by atoms with E-state index in [9.17, 15) is 0 Å². The summed E-state index contributed by atoms with van der Waals surface area (Å²) in [6.07, 6.45) is 0. The lowest BCUT2D eigenvalue weighted by Gasteiger charge is -2.19. The zero-order valence-electron chi connectivity index (χ0n) is 10.9. The summed E-state index contributed by atoms with van der Waals surface area (Å²) >= 11 is 0. The van der Waals surface area contributed by atoms with E-state index in [1.54, 1.807) is 0 Å². The lowest BCUT2D eigenvalue weighted by molar-refractivity contribution is 0.482. The van der Waals surface area contributed by atoms with Crippen LogP contribution in [0.25, 0.3) is 0 Å². The smallest absolute Gasteiger partial charge is 0.123 e. The average molecular weight is 240 g/mol. The Morgan fingerprint density at radius 1 is 1.22 bits per heavy atom. The Bertz CT molecular complexity index is 593. The van der Waals surface area contributed by atoms with Crippen LogP contribution in [0, 0.1) is 25.2 Å². The molecule has 2 aromatic rings. The minimum atomic E-state index is 0.658. The maximum Gasteiger partial charge on any atom is 0.123 e. The van der Waals surface area contributed by atoms with E-state index in [4.69, 9.17) is 9.68 Å². The van der Waals surface area contributed by atoms with Gasteiger partial charge in [-0.2, -0.15) is 5.26 Å². The van der Waals surface area contributed by atoms with Crippen molar-refractivity contribution in [1.29, 1.82) is 5.26 Å². The zero-order valence-corrected chi connectivity index (χ0v) is 10.9. The molecule has 0 amide bonds. The third-order valence-electron chi connectivity index (χ3n) is 2.87. The standard InChI is InChI=1S/C15H16N2O/c1-11-4-7-15(13(8-11)9-16)17(3)10-14-6-5-12(2)18-14/h4-8H,10H2,1-3H3. The monoisotopic (exact) mass is 240 g/mol. The molecule has 0 atom stereocenters. The molecule has 0 aliphatic heterocycles. The molecule has 1 aromatic carbocycles. The van der Waals surface area contributed by atoms with Crippen molar-refractivity contribution in [2.45, 2.75) is 20.4 Å². The number of nitriles is 1. The van der Waals surface area contributed by atoms with Crippen LogP contribution >= 0.6 is 0 Å². The predicted molar refractivity (Wildman–Crippen MR) is 71.4 cm³/mol. The third-order valence-corrected chi connectivity index (χ3v) is 2.87. The zero-order chi connectivity index (χ0) is 13.1. The molecule has 1 aromatic heterocycles. The van der Waals surface area contributed by atoms with E-state index < -0.39 is 0 Å². The van der Waals surface area contributed by atoms with Gasteiger partial charge in [0.1, 0.15) is 17.6 Å². The molecule has 0 aliphatic carbocycles. The molecule has 0 aliphatic rings. The summed E-state index contributed by atoms with van der Waals surface area (Å²) < 4.78 is 5.55. The molecule has 0 fully saturated rings. The van der Waals surface area contributed by atoms with Crippen LogP contribution in [-0.4, -0.2) is 7.05 Å². The van der Waals surface area contributed by atoms with E-state index >= 15 is 0 Å². The fraction of sp³-hybridized carbons (Fsp3) is 0.267. The van der Waals surface area contributed by atoms with Crippen LogP contribution in [0.1, 0.15) is 22.6 Å². The number of furan rings is 1. The largest absolute Gasteiger partial charge is 0.464 e. The molecule has 1 heterocycles. The fourth-order valence-electron chi connectivity index (χ4n) is 1.96. The summed E-state index contributed by atoms with van der Waals surface area (Å²) in [4.78, 5) is 2.02. The molecule has 0 spiro atoms. The summed E-state index contributed by atoms with van der Waals surface area (Å²) in [5.41, 5.74) is 2.72. The van der Waals surface area contributed by atoms with Gasteiger partial charge in [0.25, 0.3) is 0 Å². The lowest BCUT2D eigenvalue weighted by atomic mass is 10.1. The van der Waals surface area contributed by atoms with Gasteiger partial charge in [-0.1, -0.05) is 6.07 Å². The molecular weight excluding hydrogens is 224 g/mol. The second kappa shape index (κ2) is 4.97. The van der Waals surface area contributed by atoms with Crippen LogP contribution < -0.4 is 4.90 Å². The van der Waals surface area contributed by atoms with Gasteiger partial charge in [-0.15, -0.1) is 0 Å². The van der Waals surface area contributed by atoms with Gasteiger partial charge in [-0.25, -0.2) is 0 Å². The summed E-state index contributed by atoms with van der Waals surface area (Å²) in [7, 11) is 1.96. The Labute approximate surface area is 107 Å². The van der Waals surface area contributed by atoms with Crippen molar-refractivity contribution < 1.29 is 4.42 Å². The van der Waals surface area contributed by atoms with E-state index in [1.807, 2.05) is 56.1 Å². The molecular formula is C15H16N2O. The number of aryl methyl sites for hydroxylation is 2. The molecule has 92 valence electrons. The average Bonchev–Trinajstić information content (AvgIpc) is 2.74. The first-order valence-corrected chi connectivity index (χ1v) is 5.87. The van der Waals surface area contributed by atoms with Crippen molar-refractivity contribution in [2.24, 2.45) is 0 Å². The van der Waals surface area contributed by atoms with E-state index in [0.29, 0.717) is 12.1 Å². The van der Waals surface area contributed by atoms with Gasteiger partial charge >= 0.3 is 0 Å². The van der Waals surface area contributed by atoms with Crippen LogP contribution in [-0.2, 0) is 6.54 Å². The van der Waals surface area contributed by atoms with Crippen LogP contribution in [0.15, 0.2) is 34.7 Å². The van der Waals surface area contributed by atoms with Crippen LogP contribution in [0.4, 0.5) is 5.69 Å². The van der Waals surface area contributed by atoms with Crippen molar-refractivity contribution in [3.05, 3.63) is 53.0 Å². The first kappa shape index (κ1) is 12.3. The molecule has 3 heteroatoms. The van der Waals surface area contributed by atoms with Crippen LogP contribution in [0.3, 0.4) is 0 Å². The Kier molecular flexibility index (Phi) is 3.38. The van der Waals surface area contributed by atoms with Crippen molar-refractivity contribution in [3.8, 4) is 6.07 Å². The first-order valence-electron chi connectivity index (χ1n) is 5.87. The van der Waals surface area contributed by atoms with Crippen molar-refractivity contribution in [1.82, 2.24) is 0 Å². The summed E-state index contributed by atoms with van der Waals surface area (Å²) in [5, 5.41) is 9.16. The van der Waals surface area contributed by atoms with E-state index in [-0.39, 0.29) is 0 Å². The summed E-state index contributed by atoms with van der Waals surface area (Å²) in [6, 6.07) is 12.0. The summed E-state index contributed by atoms with van der Waals surface area (Å²) in [6.45, 7) is 4.57. The van der Waals surface area contributed by atoms with Gasteiger partial charge in [0.15, 0.2) is 0 Å². The predicted octanol–water partition coefficient (Wildman–Crippen LogP) is 3.40. The van der Waals surface area contributed by atoms with Gasteiger partial charge in [-0.3, -0.25) is 0 Å². The maximum absolute atomic E-state index is 9.16. The molecule has 3 nitrogen and oxygen atoms in total. The van der Waals surface area contributed by atoms with Crippen molar-refractivity contribution in [2.75, 3.05) is 11.9 Å². The number of nitrogens with zero attached hydrogens (tertiary/aromatic N) is 2. The molecule has 0 unspecified atom stereocenters. The minimum absolute atomic E-state index is 0.658. The Balaban J connectivity index is 2.24. The maximum atomic E-state index is 9.16. The van der Waals surface area contributed by atoms with Gasteiger partial charge in [0, 0.05) is 7.05 Å². The molecule has 0 saturated carbocycles. The summed E-state index contributed by atoms with van der Waals surface area (Å²) in [5.74, 6) is 1.81. The van der Waals surface area contributed by atoms with Gasteiger partial charge in [0.2, 0.25) is 0 Å². The van der Waals surface area contributed by atoms with Crippen molar-refractivity contribution >= 4 is 5.69 Å². The van der Waals surface area contributed by atoms with E-state index in [1.165, 1.54) is 0 Å². The molecule has 0 radical (unpaired) electrons. The highest BCUT2D eigenvalue weighted by atomic mass is 16.3. The highest BCUT2D eigenvalue weighted by Crippen LogP contribution is 2.22. The molecule has 0 bridgehead atoms. The fourth-order valence-corrected chi connectivity index (χ4v) is 1.96. The quantitative estimate of drug-likeness (QED) is 0.825. The van der Waals surface area contributed by atoms with Crippen LogP contribution in [0.5, 0.6) is 0 Å². The van der Waals surface area contributed by atoms with Crippen molar-refractivity contribution in [3.63, 3.8) is 0 Å². The normalized spacial score (nSPS) is 10.1.